The first-order valence-electron chi connectivity index (χ1n) is 9.49. The minimum absolute atomic E-state index is 0.0774. The van der Waals surface area contributed by atoms with Gasteiger partial charge in [-0.25, -0.2) is 0 Å². The van der Waals surface area contributed by atoms with E-state index in [0.717, 1.165) is 16.7 Å². The van der Waals surface area contributed by atoms with Crippen LogP contribution in [0.3, 0.4) is 0 Å². The standard InChI is InChI=1S/C23H27N3O3/c1-14-6-8-16(11-18(14)20-12-17(13-24)29-26-20)25-22(27)19-10-15(23(2,3)4)7-9-21(19)28-5/h6-12H,13,24H2,1-5H3,(H,25,27). The zero-order valence-corrected chi connectivity index (χ0v) is 17.5. The molecule has 0 saturated heterocycles. The largest absolute Gasteiger partial charge is 0.496 e. The van der Waals surface area contributed by atoms with Gasteiger partial charge in [0.15, 0.2) is 5.76 Å². The van der Waals surface area contributed by atoms with Gasteiger partial charge < -0.3 is 20.3 Å². The van der Waals surface area contributed by atoms with E-state index < -0.39 is 0 Å². The fourth-order valence-corrected chi connectivity index (χ4v) is 3.06. The van der Waals surface area contributed by atoms with Crippen molar-refractivity contribution in [2.75, 3.05) is 12.4 Å². The maximum atomic E-state index is 13.0. The number of methoxy groups -OCH3 is 1. The molecule has 2 aromatic carbocycles. The number of benzene rings is 2. The van der Waals surface area contributed by atoms with Crippen molar-refractivity contribution >= 4 is 11.6 Å². The molecule has 6 nitrogen and oxygen atoms in total. The van der Waals surface area contributed by atoms with Crippen LogP contribution in [0.15, 0.2) is 47.0 Å². The average Bonchev–Trinajstić information content (AvgIpc) is 3.17. The second-order valence-corrected chi connectivity index (χ2v) is 8.03. The summed E-state index contributed by atoms with van der Waals surface area (Å²) < 4.78 is 10.6. The molecule has 0 saturated carbocycles. The van der Waals surface area contributed by atoms with Crippen LogP contribution in [-0.4, -0.2) is 18.2 Å². The number of ether oxygens (including phenoxy) is 1. The third-order valence-corrected chi connectivity index (χ3v) is 4.84. The lowest BCUT2D eigenvalue weighted by atomic mass is 9.86. The monoisotopic (exact) mass is 393 g/mol. The predicted octanol–water partition coefficient (Wildman–Crippen LogP) is 4.67. The van der Waals surface area contributed by atoms with E-state index in [2.05, 4.69) is 31.2 Å². The number of aromatic nitrogens is 1. The van der Waals surface area contributed by atoms with E-state index in [0.29, 0.717) is 28.5 Å². The van der Waals surface area contributed by atoms with Crippen LogP contribution in [-0.2, 0) is 12.0 Å². The molecule has 0 radical (unpaired) electrons. The van der Waals surface area contributed by atoms with E-state index in [1.54, 1.807) is 7.11 Å². The van der Waals surface area contributed by atoms with Crippen molar-refractivity contribution in [3.05, 3.63) is 64.9 Å². The first-order chi connectivity index (χ1) is 13.7. The SMILES string of the molecule is COc1ccc(C(C)(C)C)cc1C(=O)Nc1ccc(C)c(-c2cc(CN)on2)c1. The van der Waals surface area contributed by atoms with Crippen LogP contribution in [0.1, 0.15) is 48.0 Å². The van der Waals surface area contributed by atoms with Gasteiger partial charge in [-0.05, 0) is 47.7 Å². The number of hydrogen-bond acceptors (Lipinski definition) is 5. The molecule has 3 N–H and O–H groups in total. The van der Waals surface area contributed by atoms with Gasteiger partial charge in [-0.2, -0.15) is 0 Å². The normalized spacial score (nSPS) is 11.4. The Morgan fingerprint density at radius 1 is 1.17 bits per heavy atom. The van der Waals surface area contributed by atoms with Gasteiger partial charge in [-0.3, -0.25) is 4.79 Å². The van der Waals surface area contributed by atoms with E-state index >= 15 is 0 Å². The van der Waals surface area contributed by atoms with Gasteiger partial charge >= 0.3 is 0 Å². The molecule has 1 amide bonds. The van der Waals surface area contributed by atoms with Crippen LogP contribution in [0, 0.1) is 6.92 Å². The zero-order valence-electron chi connectivity index (χ0n) is 17.5. The number of nitrogens with two attached hydrogens (primary N) is 1. The van der Waals surface area contributed by atoms with Crippen LogP contribution >= 0.6 is 0 Å². The second kappa shape index (κ2) is 8.09. The van der Waals surface area contributed by atoms with Crippen LogP contribution in [0.2, 0.25) is 0 Å². The van der Waals surface area contributed by atoms with Crippen molar-refractivity contribution in [1.29, 1.82) is 0 Å². The Hall–Kier alpha value is -3.12. The van der Waals surface area contributed by atoms with Crippen molar-refractivity contribution < 1.29 is 14.1 Å². The van der Waals surface area contributed by atoms with Crippen molar-refractivity contribution in [3.8, 4) is 17.0 Å². The highest BCUT2D eigenvalue weighted by Crippen LogP contribution is 2.30. The van der Waals surface area contributed by atoms with E-state index in [9.17, 15) is 4.79 Å². The van der Waals surface area contributed by atoms with Gasteiger partial charge in [0.1, 0.15) is 11.4 Å². The number of carbonyl (C=O) groups is 1. The fourth-order valence-electron chi connectivity index (χ4n) is 3.06. The number of nitrogens with one attached hydrogen (secondary N) is 1. The number of nitrogens with zero attached hydrogens (tertiary/aromatic N) is 1. The Morgan fingerprint density at radius 2 is 1.93 bits per heavy atom. The molecule has 0 aliphatic carbocycles. The summed E-state index contributed by atoms with van der Waals surface area (Å²) >= 11 is 0. The van der Waals surface area contributed by atoms with Crippen LogP contribution in [0.25, 0.3) is 11.3 Å². The quantitative estimate of drug-likeness (QED) is 0.657. The molecular formula is C23H27N3O3. The molecule has 0 spiro atoms. The van der Waals surface area contributed by atoms with Gasteiger partial charge in [0.25, 0.3) is 5.91 Å². The average molecular weight is 393 g/mol. The number of carbonyl (C=O) groups excluding carboxylic acids is 1. The van der Waals surface area contributed by atoms with E-state index in [4.69, 9.17) is 15.0 Å². The molecule has 0 atom stereocenters. The first-order valence-corrected chi connectivity index (χ1v) is 9.49. The molecular weight excluding hydrogens is 366 g/mol. The van der Waals surface area contributed by atoms with E-state index in [1.807, 2.05) is 49.4 Å². The molecule has 0 aliphatic rings. The molecule has 1 heterocycles. The van der Waals surface area contributed by atoms with Crippen molar-refractivity contribution in [2.45, 2.75) is 39.7 Å². The molecule has 3 aromatic rings. The summed E-state index contributed by atoms with van der Waals surface area (Å²) in [4.78, 5) is 13.0. The van der Waals surface area contributed by atoms with E-state index in [1.165, 1.54) is 0 Å². The van der Waals surface area contributed by atoms with Crippen LogP contribution in [0.5, 0.6) is 5.75 Å². The van der Waals surface area contributed by atoms with Crippen LogP contribution < -0.4 is 15.8 Å². The number of aryl methyl sites for hydroxylation is 1. The first kappa shape index (κ1) is 20.6. The zero-order chi connectivity index (χ0) is 21.2. The molecule has 1 aromatic heterocycles. The summed E-state index contributed by atoms with van der Waals surface area (Å²) in [6.45, 7) is 8.59. The molecule has 0 fully saturated rings. The van der Waals surface area contributed by atoms with Gasteiger partial charge in [0.05, 0.1) is 19.2 Å². The Balaban J connectivity index is 1.92. The summed E-state index contributed by atoms with van der Waals surface area (Å²) in [6.07, 6.45) is 0. The lowest BCUT2D eigenvalue weighted by molar-refractivity contribution is 0.102. The second-order valence-electron chi connectivity index (χ2n) is 8.03. The van der Waals surface area contributed by atoms with Crippen molar-refractivity contribution in [2.24, 2.45) is 5.73 Å². The molecule has 0 bridgehead atoms. The summed E-state index contributed by atoms with van der Waals surface area (Å²) in [5.41, 5.74) is 10.3. The maximum absolute atomic E-state index is 13.0. The number of amides is 1. The smallest absolute Gasteiger partial charge is 0.259 e. The molecule has 29 heavy (non-hydrogen) atoms. The number of hydrogen-bond donors (Lipinski definition) is 2. The Morgan fingerprint density at radius 3 is 2.55 bits per heavy atom. The molecule has 3 rings (SSSR count). The maximum Gasteiger partial charge on any atom is 0.259 e. The highest BCUT2D eigenvalue weighted by Gasteiger charge is 2.20. The minimum Gasteiger partial charge on any atom is -0.496 e. The highest BCUT2D eigenvalue weighted by atomic mass is 16.5. The number of anilines is 1. The minimum atomic E-state index is -0.231. The van der Waals surface area contributed by atoms with Gasteiger partial charge in [-0.1, -0.05) is 38.1 Å². The van der Waals surface area contributed by atoms with Gasteiger partial charge in [0.2, 0.25) is 0 Å². The molecule has 0 unspecified atom stereocenters. The predicted molar refractivity (Wildman–Crippen MR) is 114 cm³/mol. The molecule has 0 aliphatic heterocycles. The summed E-state index contributed by atoms with van der Waals surface area (Å²) in [6, 6.07) is 13.2. The highest BCUT2D eigenvalue weighted by molar-refractivity contribution is 6.06. The Kier molecular flexibility index (Phi) is 5.75. The van der Waals surface area contributed by atoms with Gasteiger partial charge in [-0.15, -0.1) is 0 Å². The topological polar surface area (TPSA) is 90.4 Å². The fraction of sp³-hybridized carbons (Fsp3) is 0.304. The van der Waals surface area contributed by atoms with Gasteiger partial charge in [0, 0.05) is 17.3 Å². The third-order valence-electron chi connectivity index (χ3n) is 4.84. The molecule has 6 heteroatoms. The summed E-state index contributed by atoms with van der Waals surface area (Å²) in [5, 5.41) is 7.04. The van der Waals surface area contributed by atoms with Crippen molar-refractivity contribution in [3.63, 3.8) is 0 Å². The lowest BCUT2D eigenvalue weighted by Gasteiger charge is -2.21. The summed E-state index contributed by atoms with van der Waals surface area (Å²) in [7, 11) is 1.56. The Bertz CT molecular complexity index is 1030. The summed E-state index contributed by atoms with van der Waals surface area (Å²) in [5.74, 6) is 0.912. The van der Waals surface area contributed by atoms with E-state index in [-0.39, 0.29) is 17.9 Å². The molecule has 152 valence electrons. The number of rotatable bonds is 5. The van der Waals surface area contributed by atoms with Crippen LogP contribution in [0.4, 0.5) is 5.69 Å². The van der Waals surface area contributed by atoms with Crippen molar-refractivity contribution in [1.82, 2.24) is 5.16 Å². The third kappa shape index (κ3) is 4.49. The lowest BCUT2D eigenvalue weighted by Crippen LogP contribution is -2.17. The Labute approximate surface area is 171 Å².